The van der Waals surface area contributed by atoms with Gasteiger partial charge in [-0.25, -0.2) is 4.79 Å². The van der Waals surface area contributed by atoms with Gasteiger partial charge in [-0.1, -0.05) is 174 Å². The molecule has 0 fully saturated rings. The fraction of sp³-hybridized carbons (Fsp3) is 0.821. The van der Waals surface area contributed by atoms with Crippen molar-refractivity contribution in [3.05, 3.63) is 34.9 Å². The Bertz CT molecular complexity index is 743. The maximum Gasteiger partial charge on any atom is 0.335 e. The molecule has 0 aromatic heterocycles. The minimum atomic E-state index is -0.834. The van der Waals surface area contributed by atoms with Crippen molar-refractivity contribution in [2.45, 2.75) is 206 Å². The second-order valence-corrected chi connectivity index (χ2v) is 13.2. The van der Waals surface area contributed by atoms with Gasteiger partial charge in [-0.05, 0) is 55.7 Å². The van der Waals surface area contributed by atoms with Gasteiger partial charge in [0.1, 0.15) is 0 Å². The first-order valence-electron chi connectivity index (χ1n) is 18.6. The molecule has 1 rings (SSSR count). The Morgan fingerprint density at radius 3 is 1.40 bits per heavy atom. The molecule has 0 saturated carbocycles. The largest absolute Gasteiger partial charge is 0.478 e. The van der Waals surface area contributed by atoms with Gasteiger partial charge in [-0.15, -0.1) is 0 Å². The lowest BCUT2D eigenvalue weighted by molar-refractivity contribution is 0.0695. The fourth-order valence-corrected chi connectivity index (χ4v) is 6.28. The van der Waals surface area contributed by atoms with Crippen LogP contribution in [0.1, 0.15) is 209 Å². The minimum absolute atomic E-state index is 0.258. The van der Waals surface area contributed by atoms with Crippen molar-refractivity contribution < 1.29 is 15.0 Å². The predicted molar refractivity (Wildman–Crippen MR) is 183 cm³/mol. The van der Waals surface area contributed by atoms with E-state index in [0.29, 0.717) is 5.56 Å². The number of hydrogen-bond acceptors (Lipinski definition) is 2. The van der Waals surface area contributed by atoms with Crippen LogP contribution in [-0.2, 0) is 12.8 Å². The van der Waals surface area contributed by atoms with Crippen molar-refractivity contribution in [1.29, 1.82) is 0 Å². The zero-order chi connectivity index (χ0) is 30.5. The Morgan fingerprint density at radius 2 is 0.952 bits per heavy atom. The van der Waals surface area contributed by atoms with Gasteiger partial charge in [0.05, 0.1) is 11.7 Å². The summed E-state index contributed by atoms with van der Waals surface area (Å²) in [6.45, 7) is 4.55. The number of hydrogen-bond donors (Lipinski definition) is 2. The molecule has 1 aromatic carbocycles. The van der Waals surface area contributed by atoms with Crippen LogP contribution in [0.5, 0.6) is 0 Å². The van der Waals surface area contributed by atoms with E-state index in [1.807, 2.05) is 6.07 Å². The van der Waals surface area contributed by atoms with Crippen LogP contribution in [0.25, 0.3) is 0 Å². The van der Waals surface area contributed by atoms with E-state index in [-0.39, 0.29) is 6.10 Å². The van der Waals surface area contributed by atoms with E-state index in [4.69, 9.17) is 0 Å². The van der Waals surface area contributed by atoms with E-state index in [9.17, 15) is 15.0 Å². The van der Waals surface area contributed by atoms with Crippen LogP contribution in [0.3, 0.4) is 0 Å². The molecule has 1 aromatic rings. The summed E-state index contributed by atoms with van der Waals surface area (Å²) in [5.41, 5.74) is 2.64. The minimum Gasteiger partial charge on any atom is -0.478 e. The average molecular weight is 587 g/mol. The van der Waals surface area contributed by atoms with Crippen LogP contribution < -0.4 is 0 Å². The maximum absolute atomic E-state index is 11.8. The van der Waals surface area contributed by atoms with E-state index in [1.165, 1.54) is 153 Å². The van der Waals surface area contributed by atoms with Gasteiger partial charge in [0.15, 0.2) is 0 Å². The monoisotopic (exact) mass is 587 g/mol. The van der Waals surface area contributed by atoms with Gasteiger partial charge in [0.2, 0.25) is 0 Å². The average Bonchev–Trinajstić information content (AvgIpc) is 2.98. The summed E-state index contributed by atoms with van der Waals surface area (Å²) >= 11 is 0. The van der Waals surface area contributed by atoms with Gasteiger partial charge in [0.25, 0.3) is 0 Å². The third-order valence-electron chi connectivity index (χ3n) is 9.09. The van der Waals surface area contributed by atoms with E-state index >= 15 is 0 Å². The van der Waals surface area contributed by atoms with E-state index in [0.717, 1.165) is 44.1 Å². The third kappa shape index (κ3) is 22.2. The predicted octanol–water partition coefficient (Wildman–Crippen LogP) is 12.4. The number of carboxylic acids is 1. The van der Waals surface area contributed by atoms with Gasteiger partial charge >= 0.3 is 5.97 Å². The molecule has 0 bridgehead atoms. The topological polar surface area (TPSA) is 57.5 Å². The number of aryl methyl sites for hydroxylation is 2. The molecule has 0 amide bonds. The Hall–Kier alpha value is -1.35. The van der Waals surface area contributed by atoms with Crippen molar-refractivity contribution >= 4 is 5.97 Å². The lowest BCUT2D eigenvalue weighted by atomic mass is 9.95. The lowest BCUT2D eigenvalue weighted by Crippen LogP contribution is -2.08. The number of carboxylic acid groups (broad SMARTS) is 1. The highest BCUT2D eigenvalue weighted by Gasteiger charge is 2.12. The zero-order valence-corrected chi connectivity index (χ0v) is 28.1. The summed E-state index contributed by atoms with van der Waals surface area (Å²) in [5, 5.41) is 20.1. The Balaban J connectivity index is 2.14. The van der Waals surface area contributed by atoms with Crippen LogP contribution in [0, 0.1) is 0 Å². The van der Waals surface area contributed by atoms with Crippen LogP contribution in [-0.4, -0.2) is 22.3 Å². The van der Waals surface area contributed by atoms with E-state index in [2.05, 4.69) is 19.9 Å². The van der Waals surface area contributed by atoms with Gasteiger partial charge in [0, 0.05) is 0 Å². The van der Waals surface area contributed by atoms with Crippen molar-refractivity contribution in [2.24, 2.45) is 0 Å². The number of aliphatic hydroxyl groups excluding tert-OH is 1. The number of aliphatic hydroxyl groups is 1. The molecular formula is C39H70O3. The number of carbonyl (C=O) groups is 1. The quantitative estimate of drug-likeness (QED) is 0.0851. The molecule has 42 heavy (non-hydrogen) atoms. The smallest absolute Gasteiger partial charge is 0.335 e. The Kier molecular flexibility index (Phi) is 26.2. The summed E-state index contributed by atoms with van der Waals surface area (Å²) in [6.07, 6.45) is 36.3. The van der Waals surface area contributed by atoms with Gasteiger partial charge < -0.3 is 10.2 Å². The first-order valence-corrected chi connectivity index (χ1v) is 18.6. The van der Waals surface area contributed by atoms with Crippen molar-refractivity contribution in [1.82, 2.24) is 0 Å². The molecule has 3 heteroatoms. The summed E-state index contributed by atoms with van der Waals surface area (Å²) in [5.74, 6) is -0.834. The van der Waals surface area contributed by atoms with Crippen LogP contribution >= 0.6 is 0 Å². The molecule has 244 valence electrons. The highest BCUT2D eigenvalue weighted by molar-refractivity contribution is 5.89. The lowest BCUT2D eigenvalue weighted by Gasteiger charge is -2.12. The number of unbranched alkanes of at least 4 members (excludes halogenated alkanes) is 22. The maximum atomic E-state index is 11.8. The molecule has 3 nitrogen and oxygen atoms in total. The second kappa shape index (κ2) is 28.4. The molecule has 0 spiro atoms. The molecule has 2 N–H and O–H groups in total. The SMILES string of the molecule is CCCCCCCCCCCCCCCCc1ccc(C(=O)O)c(CCCC(O)CCCCCCCCCCCC)c1. The van der Waals surface area contributed by atoms with E-state index in [1.54, 1.807) is 6.07 Å². The molecular weight excluding hydrogens is 516 g/mol. The number of aromatic carboxylic acids is 1. The molecule has 0 aliphatic heterocycles. The van der Waals surface area contributed by atoms with Gasteiger partial charge in [-0.2, -0.15) is 0 Å². The summed E-state index contributed by atoms with van der Waals surface area (Å²) in [7, 11) is 0. The van der Waals surface area contributed by atoms with Crippen molar-refractivity contribution in [3.63, 3.8) is 0 Å². The molecule has 0 saturated heterocycles. The summed E-state index contributed by atoms with van der Waals surface area (Å²) < 4.78 is 0. The normalized spacial score (nSPS) is 12.2. The van der Waals surface area contributed by atoms with Crippen LogP contribution in [0.15, 0.2) is 18.2 Å². The van der Waals surface area contributed by atoms with Crippen molar-refractivity contribution in [2.75, 3.05) is 0 Å². The van der Waals surface area contributed by atoms with Crippen molar-refractivity contribution in [3.8, 4) is 0 Å². The highest BCUT2D eigenvalue weighted by atomic mass is 16.4. The molecule has 0 heterocycles. The Morgan fingerprint density at radius 1 is 0.548 bits per heavy atom. The molecule has 0 aliphatic rings. The first-order chi connectivity index (χ1) is 20.6. The molecule has 0 aliphatic carbocycles. The molecule has 0 radical (unpaired) electrons. The summed E-state index contributed by atoms with van der Waals surface area (Å²) in [6, 6.07) is 5.94. The van der Waals surface area contributed by atoms with E-state index < -0.39 is 5.97 Å². The highest BCUT2D eigenvalue weighted by Crippen LogP contribution is 2.20. The fourth-order valence-electron chi connectivity index (χ4n) is 6.28. The zero-order valence-electron chi connectivity index (χ0n) is 28.1. The summed E-state index contributed by atoms with van der Waals surface area (Å²) in [4.78, 5) is 11.8. The Labute approximate surface area is 261 Å². The van der Waals surface area contributed by atoms with Crippen LogP contribution in [0.4, 0.5) is 0 Å². The van der Waals surface area contributed by atoms with Gasteiger partial charge in [-0.3, -0.25) is 0 Å². The second-order valence-electron chi connectivity index (χ2n) is 13.2. The molecule has 1 unspecified atom stereocenters. The number of benzene rings is 1. The molecule has 1 atom stereocenters. The standard InChI is InChI=1S/C39H70O3/c1-3-5-7-9-11-13-15-16-17-18-19-21-23-25-28-35-32-33-38(39(41)42)36(34-35)29-27-31-37(40)30-26-24-22-20-14-12-10-8-6-4-2/h32-34,37,40H,3-31H2,1-2H3,(H,41,42). The first kappa shape index (κ1) is 38.7. The number of rotatable bonds is 31. The third-order valence-corrected chi connectivity index (χ3v) is 9.09. The van der Waals surface area contributed by atoms with Crippen LogP contribution in [0.2, 0.25) is 0 Å².